The Labute approximate surface area is 108 Å². The Hall–Kier alpha value is -0.230. The first-order valence-corrected chi connectivity index (χ1v) is 5.42. The van der Waals surface area contributed by atoms with Crippen LogP contribution in [-0.2, 0) is 0 Å². The highest BCUT2D eigenvalue weighted by atomic mass is 79.9. The first-order chi connectivity index (χ1) is 6.79. The number of ether oxygens (including phenoxy) is 1. The lowest BCUT2D eigenvalue weighted by atomic mass is 10.3. The minimum atomic E-state index is -2.03. The fourth-order valence-corrected chi connectivity index (χ4v) is 1.44. The predicted octanol–water partition coefficient (Wildman–Crippen LogP) is 4.06. The summed E-state index contributed by atoms with van der Waals surface area (Å²) in [5.74, 6) is -0.108. The van der Waals surface area contributed by atoms with E-state index in [1.165, 1.54) is 12.1 Å². The molecular weight excluding hydrogens is 332 g/mol. The molecule has 0 aromatic heterocycles. The number of alkyl halides is 3. The summed E-state index contributed by atoms with van der Waals surface area (Å²) >= 11 is 19.2. The van der Waals surface area contributed by atoms with Crippen molar-refractivity contribution in [3.63, 3.8) is 0 Å². The highest BCUT2D eigenvalue weighted by molar-refractivity contribution is 9.10. The molecule has 0 saturated heterocycles. The second-order valence-corrected chi connectivity index (χ2v) is 5.51. The number of nitro benzene ring substituents is 1. The Balaban J connectivity index is 3.12. The Morgan fingerprint density at radius 1 is 1.40 bits per heavy atom. The van der Waals surface area contributed by atoms with Gasteiger partial charge in [0.05, 0.1) is 4.92 Å². The number of rotatable bonds is 2. The van der Waals surface area contributed by atoms with E-state index in [9.17, 15) is 10.1 Å². The van der Waals surface area contributed by atoms with Crippen LogP contribution in [0.15, 0.2) is 22.7 Å². The molecule has 0 aliphatic rings. The fraction of sp³-hybridized carbons (Fsp3) is 0.143. The molecule has 15 heavy (non-hydrogen) atoms. The summed E-state index contributed by atoms with van der Waals surface area (Å²) in [6, 6.07) is 4.13. The molecule has 0 saturated carbocycles. The van der Waals surface area contributed by atoms with Crippen molar-refractivity contribution in [3.05, 3.63) is 32.8 Å². The van der Waals surface area contributed by atoms with E-state index in [4.69, 9.17) is 39.5 Å². The molecule has 0 unspecified atom stereocenters. The van der Waals surface area contributed by atoms with Crippen molar-refractivity contribution in [2.75, 3.05) is 0 Å². The second-order valence-electron chi connectivity index (χ2n) is 2.42. The zero-order chi connectivity index (χ0) is 11.6. The van der Waals surface area contributed by atoms with Gasteiger partial charge in [-0.2, -0.15) is 0 Å². The molecule has 0 bridgehead atoms. The molecule has 82 valence electrons. The van der Waals surface area contributed by atoms with Gasteiger partial charge in [-0.25, -0.2) is 0 Å². The van der Waals surface area contributed by atoms with Crippen molar-refractivity contribution in [2.45, 2.75) is 3.98 Å². The average Bonchev–Trinajstić information content (AvgIpc) is 2.05. The third-order valence-electron chi connectivity index (χ3n) is 1.34. The van der Waals surface area contributed by atoms with Crippen LogP contribution in [0.4, 0.5) is 5.69 Å². The van der Waals surface area contributed by atoms with Crippen molar-refractivity contribution in [3.8, 4) is 5.75 Å². The summed E-state index contributed by atoms with van der Waals surface area (Å²) in [7, 11) is 0. The normalized spacial score (nSPS) is 11.2. The highest BCUT2D eigenvalue weighted by Crippen LogP contribution is 2.36. The Bertz CT molecular complexity index is 394. The van der Waals surface area contributed by atoms with Gasteiger partial charge in [0.25, 0.3) is 0 Å². The van der Waals surface area contributed by atoms with E-state index in [1.807, 2.05) is 0 Å². The van der Waals surface area contributed by atoms with Crippen LogP contribution in [-0.4, -0.2) is 8.90 Å². The van der Waals surface area contributed by atoms with Crippen molar-refractivity contribution in [1.82, 2.24) is 0 Å². The number of nitrogens with zero attached hydrogens (tertiary/aromatic N) is 1. The van der Waals surface area contributed by atoms with Crippen molar-refractivity contribution >= 4 is 56.4 Å². The van der Waals surface area contributed by atoms with Gasteiger partial charge >= 0.3 is 9.67 Å². The van der Waals surface area contributed by atoms with Gasteiger partial charge in [0, 0.05) is 10.5 Å². The molecule has 1 aromatic rings. The van der Waals surface area contributed by atoms with Crippen molar-refractivity contribution < 1.29 is 9.66 Å². The molecule has 0 radical (unpaired) electrons. The minimum absolute atomic E-state index is 0.108. The molecule has 8 heteroatoms. The average molecular weight is 335 g/mol. The van der Waals surface area contributed by atoms with Gasteiger partial charge in [-0.05, 0) is 46.9 Å². The van der Waals surface area contributed by atoms with E-state index in [1.54, 1.807) is 6.07 Å². The first kappa shape index (κ1) is 12.8. The van der Waals surface area contributed by atoms with Gasteiger partial charge in [0.15, 0.2) is 0 Å². The molecule has 1 aromatic carbocycles. The van der Waals surface area contributed by atoms with Crippen molar-refractivity contribution in [1.29, 1.82) is 0 Å². The molecule has 0 amide bonds. The number of halogens is 4. The van der Waals surface area contributed by atoms with Gasteiger partial charge in [-0.1, -0.05) is 15.9 Å². The molecule has 1 rings (SSSR count). The van der Waals surface area contributed by atoms with Crippen LogP contribution in [0.3, 0.4) is 0 Å². The van der Waals surface area contributed by atoms with Gasteiger partial charge in [-0.3, -0.25) is 10.1 Å². The standard InChI is InChI=1S/C7H3BrCl3NO3/c8-4-1-2-6(15-7(9,10)11)5(3-4)12(13)14/h1-3H. The second kappa shape index (κ2) is 4.74. The van der Waals surface area contributed by atoms with E-state index < -0.39 is 8.90 Å². The molecule has 4 nitrogen and oxygen atoms in total. The lowest BCUT2D eigenvalue weighted by Crippen LogP contribution is -2.13. The van der Waals surface area contributed by atoms with Gasteiger partial charge in [0.2, 0.25) is 5.75 Å². The van der Waals surface area contributed by atoms with E-state index in [0.29, 0.717) is 4.47 Å². The predicted molar refractivity (Wildman–Crippen MR) is 61.7 cm³/mol. The quantitative estimate of drug-likeness (QED) is 0.465. The largest absolute Gasteiger partial charge is 0.438 e. The summed E-state index contributed by atoms with van der Waals surface area (Å²) in [5.41, 5.74) is -0.282. The summed E-state index contributed by atoms with van der Waals surface area (Å²) in [4.78, 5) is 10.0. The number of benzene rings is 1. The number of nitro groups is 1. The van der Waals surface area contributed by atoms with Crippen LogP contribution < -0.4 is 4.74 Å². The highest BCUT2D eigenvalue weighted by Gasteiger charge is 2.26. The van der Waals surface area contributed by atoms with Crippen LogP contribution in [0.1, 0.15) is 0 Å². The first-order valence-electron chi connectivity index (χ1n) is 3.49. The fourth-order valence-electron chi connectivity index (χ4n) is 0.844. The Morgan fingerprint density at radius 3 is 2.47 bits per heavy atom. The molecule has 0 spiro atoms. The number of hydrogen-bond acceptors (Lipinski definition) is 3. The summed E-state index contributed by atoms with van der Waals surface area (Å²) in [6.45, 7) is 0. The zero-order valence-corrected chi connectivity index (χ0v) is 10.8. The summed E-state index contributed by atoms with van der Waals surface area (Å²) < 4.78 is 3.29. The maximum atomic E-state index is 10.6. The number of hydrogen-bond donors (Lipinski definition) is 0. The lowest BCUT2D eigenvalue weighted by Gasteiger charge is -2.13. The van der Waals surface area contributed by atoms with E-state index >= 15 is 0 Å². The molecule has 0 aliphatic carbocycles. The van der Waals surface area contributed by atoms with Crippen LogP contribution in [0.2, 0.25) is 0 Å². The van der Waals surface area contributed by atoms with E-state index in [0.717, 1.165) is 0 Å². The molecule has 0 atom stereocenters. The summed E-state index contributed by atoms with van der Waals surface area (Å²) in [5, 5.41) is 10.6. The summed E-state index contributed by atoms with van der Waals surface area (Å²) in [6.07, 6.45) is 0. The maximum absolute atomic E-state index is 10.6. The zero-order valence-electron chi connectivity index (χ0n) is 6.92. The van der Waals surface area contributed by atoms with E-state index in [2.05, 4.69) is 15.9 Å². The maximum Gasteiger partial charge on any atom is 0.338 e. The van der Waals surface area contributed by atoms with Gasteiger partial charge < -0.3 is 4.74 Å². The van der Waals surface area contributed by atoms with E-state index in [-0.39, 0.29) is 11.4 Å². The van der Waals surface area contributed by atoms with Crippen molar-refractivity contribution in [2.24, 2.45) is 0 Å². The Morgan fingerprint density at radius 2 is 2.00 bits per heavy atom. The smallest absolute Gasteiger partial charge is 0.338 e. The SMILES string of the molecule is O=[N+]([O-])c1cc(Br)ccc1OC(Cl)(Cl)Cl. The third-order valence-corrected chi connectivity index (χ3v) is 2.07. The van der Waals surface area contributed by atoms with Crippen LogP contribution in [0.25, 0.3) is 0 Å². The molecular formula is C7H3BrCl3NO3. The molecule has 0 N–H and O–H groups in total. The van der Waals surface area contributed by atoms with Crippen LogP contribution in [0.5, 0.6) is 5.75 Å². The van der Waals surface area contributed by atoms with Gasteiger partial charge in [-0.15, -0.1) is 0 Å². The lowest BCUT2D eigenvalue weighted by molar-refractivity contribution is -0.386. The van der Waals surface area contributed by atoms with Crippen LogP contribution in [0, 0.1) is 10.1 Å². The molecule has 0 heterocycles. The third kappa shape index (κ3) is 4.03. The molecule has 0 aliphatic heterocycles. The van der Waals surface area contributed by atoms with Gasteiger partial charge in [0.1, 0.15) is 0 Å². The van der Waals surface area contributed by atoms with Crippen LogP contribution >= 0.6 is 50.7 Å². The Kier molecular flexibility index (Phi) is 4.06. The topological polar surface area (TPSA) is 52.4 Å². The molecule has 0 fully saturated rings. The minimum Gasteiger partial charge on any atom is -0.438 e. The monoisotopic (exact) mass is 333 g/mol.